The van der Waals surface area contributed by atoms with Crippen molar-refractivity contribution in [2.75, 3.05) is 18.9 Å². The lowest BCUT2D eigenvalue weighted by Gasteiger charge is -2.15. The second-order valence-electron chi connectivity index (χ2n) is 6.71. The first-order chi connectivity index (χ1) is 12.7. The van der Waals surface area contributed by atoms with Crippen molar-refractivity contribution in [3.05, 3.63) is 41.5 Å². The van der Waals surface area contributed by atoms with E-state index in [9.17, 15) is 4.79 Å². The predicted molar refractivity (Wildman–Crippen MR) is 109 cm³/mol. The van der Waals surface area contributed by atoms with Crippen LogP contribution in [-0.4, -0.2) is 25.5 Å². The number of anilines is 1. The highest BCUT2D eigenvalue weighted by molar-refractivity contribution is 5.90. The Bertz CT molecular complexity index is 637. The summed E-state index contributed by atoms with van der Waals surface area (Å²) in [7, 11) is 1.79. The van der Waals surface area contributed by atoms with E-state index in [0.717, 1.165) is 36.6 Å². The molecule has 0 bridgehead atoms. The van der Waals surface area contributed by atoms with Gasteiger partial charge in [0.2, 0.25) is 5.91 Å². The molecular formula is C21H32N4O. The van der Waals surface area contributed by atoms with Gasteiger partial charge in [-0.15, -0.1) is 0 Å². The Balaban J connectivity index is 1.76. The van der Waals surface area contributed by atoms with Crippen molar-refractivity contribution in [3.8, 4) is 0 Å². The molecule has 1 aliphatic carbocycles. The number of benzene rings is 1. The van der Waals surface area contributed by atoms with Crippen molar-refractivity contribution in [2.45, 2.75) is 58.4 Å². The van der Waals surface area contributed by atoms with E-state index in [-0.39, 0.29) is 5.91 Å². The van der Waals surface area contributed by atoms with Crippen LogP contribution in [0.2, 0.25) is 0 Å². The van der Waals surface area contributed by atoms with Gasteiger partial charge in [0.1, 0.15) is 0 Å². The maximum Gasteiger partial charge on any atom is 0.224 e. The molecule has 1 aliphatic rings. The maximum absolute atomic E-state index is 11.7. The third-order valence-electron chi connectivity index (χ3n) is 4.49. The molecule has 1 aromatic rings. The van der Waals surface area contributed by atoms with Crippen molar-refractivity contribution in [1.29, 1.82) is 0 Å². The predicted octanol–water partition coefficient (Wildman–Crippen LogP) is 3.98. The average Bonchev–Trinajstić information content (AvgIpc) is 2.66. The number of nitrogens with zero attached hydrogens (tertiary/aromatic N) is 1. The first kappa shape index (κ1) is 20.0. The van der Waals surface area contributed by atoms with Crippen LogP contribution in [-0.2, 0) is 11.3 Å². The monoisotopic (exact) mass is 356 g/mol. The van der Waals surface area contributed by atoms with E-state index in [1.54, 1.807) is 12.6 Å². The number of rotatable bonds is 8. The molecule has 0 radical (unpaired) electrons. The van der Waals surface area contributed by atoms with Crippen molar-refractivity contribution in [1.82, 2.24) is 10.6 Å². The Morgan fingerprint density at radius 3 is 2.85 bits per heavy atom. The van der Waals surface area contributed by atoms with Gasteiger partial charge in [0.05, 0.1) is 0 Å². The number of allylic oxidation sites excluding steroid dienone is 1. The molecule has 0 spiro atoms. The number of hydrogen-bond acceptors (Lipinski definition) is 2. The quantitative estimate of drug-likeness (QED) is 0.375. The number of guanidine groups is 1. The first-order valence-electron chi connectivity index (χ1n) is 9.72. The number of carbonyl (C=O) groups excluding carboxylic acids is 1. The van der Waals surface area contributed by atoms with E-state index in [1.807, 2.05) is 31.2 Å². The summed E-state index contributed by atoms with van der Waals surface area (Å²) < 4.78 is 0. The standard InChI is InChI=1S/C21H32N4O/c1-3-8-20(26)25-19-12-7-11-18(15-19)16-24-21(22-2)23-14-13-17-9-5-4-6-10-17/h7,9,11-12,15H,3-6,8,10,13-14,16H2,1-2H3,(H,25,26)(H2,22,23,24). The first-order valence-corrected chi connectivity index (χ1v) is 9.72. The molecule has 3 N–H and O–H groups in total. The van der Waals surface area contributed by atoms with Gasteiger partial charge in [-0.1, -0.05) is 30.7 Å². The second kappa shape index (κ2) is 11.3. The molecule has 5 heteroatoms. The Labute approximate surface area is 157 Å². The zero-order chi connectivity index (χ0) is 18.6. The van der Waals surface area contributed by atoms with Crippen LogP contribution >= 0.6 is 0 Å². The third-order valence-corrected chi connectivity index (χ3v) is 4.49. The Morgan fingerprint density at radius 1 is 1.23 bits per heavy atom. The molecule has 0 atom stereocenters. The minimum atomic E-state index is 0.0621. The highest BCUT2D eigenvalue weighted by Gasteiger charge is 2.05. The van der Waals surface area contributed by atoms with Crippen molar-refractivity contribution in [2.24, 2.45) is 4.99 Å². The maximum atomic E-state index is 11.7. The summed E-state index contributed by atoms with van der Waals surface area (Å²) in [5.74, 6) is 0.869. The number of nitrogens with one attached hydrogen (secondary N) is 3. The molecule has 0 saturated carbocycles. The number of amides is 1. The average molecular weight is 357 g/mol. The molecular weight excluding hydrogens is 324 g/mol. The fourth-order valence-corrected chi connectivity index (χ4v) is 3.09. The van der Waals surface area contributed by atoms with Crippen molar-refractivity contribution >= 4 is 17.6 Å². The minimum absolute atomic E-state index is 0.0621. The van der Waals surface area contributed by atoms with Crippen LogP contribution in [0.25, 0.3) is 0 Å². The summed E-state index contributed by atoms with van der Waals surface area (Å²) in [6.45, 7) is 3.57. The SMILES string of the molecule is CCCC(=O)Nc1cccc(CNC(=NC)NCCC2=CCCCC2)c1. The van der Waals surface area contributed by atoms with Crippen LogP contribution in [0, 0.1) is 0 Å². The lowest BCUT2D eigenvalue weighted by molar-refractivity contribution is -0.116. The van der Waals surface area contributed by atoms with E-state index in [0.29, 0.717) is 13.0 Å². The van der Waals surface area contributed by atoms with Crippen LogP contribution < -0.4 is 16.0 Å². The highest BCUT2D eigenvalue weighted by atomic mass is 16.1. The molecule has 0 aromatic heterocycles. The zero-order valence-corrected chi connectivity index (χ0v) is 16.1. The molecule has 0 aliphatic heterocycles. The summed E-state index contributed by atoms with van der Waals surface area (Å²) >= 11 is 0. The molecule has 26 heavy (non-hydrogen) atoms. The molecule has 0 heterocycles. The fourth-order valence-electron chi connectivity index (χ4n) is 3.09. The van der Waals surface area contributed by atoms with E-state index < -0.39 is 0 Å². The normalized spacial score (nSPS) is 14.5. The lowest BCUT2D eigenvalue weighted by Crippen LogP contribution is -2.37. The van der Waals surface area contributed by atoms with Gasteiger partial charge in [0, 0.05) is 32.2 Å². The summed E-state index contributed by atoms with van der Waals surface area (Å²) in [4.78, 5) is 16.0. The lowest BCUT2D eigenvalue weighted by atomic mass is 9.97. The van der Waals surface area contributed by atoms with Crippen LogP contribution in [0.5, 0.6) is 0 Å². The van der Waals surface area contributed by atoms with Gasteiger partial charge in [0.15, 0.2) is 5.96 Å². The molecule has 142 valence electrons. The van der Waals surface area contributed by atoms with E-state index in [1.165, 1.54) is 25.7 Å². The van der Waals surface area contributed by atoms with Crippen molar-refractivity contribution in [3.63, 3.8) is 0 Å². The van der Waals surface area contributed by atoms with Gasteiger partial charge in [-0.2, -0.15) is 0 Å². The Kier molecular flexibility index (Phi) is 8.73. The molecule has 0 fully saturated rings. The summed E-state index contributed by atoms with van der Waals surface area (Å²) in [5.41, 5.74) is 3.52. The third kappa shape index (κ3) is 7.30. The van der Waals surface area contributed by atoms with Crippen LogP contribution in [0.3, 0.4) is 0 Å². The molecule has 1 amide bonds. The molecule has 5 nitrogen and oxygen atoms in total. The summed E-state index contributed by atoms with van der Waals surface area (Å²) in [5, 5.41) is 9.65. The topological polar surface area (TPSA) is 65.5 Å². The summed E-state index contributed by atoms with van der Waals surface area (Å²) in [6, 6.07) is 7.93. The largest absolute Gasteiger partial charge is 0.356 e. The zero-order valence-electron chi connectivity index (χ0n) is 16.1. The summed E-state index contributed by atoms with van der Waals surface area (Å²) in [6.07, 6.45) is 10.0. The Morgan fingerprint density at radius 2 is 2.12 bits per heavy atom. The minimum Gasteiger partial charge on any atom is -0.356 e. The fraction of sp³-hybridized carbons (Fsp3) is 0.524. The van der Waals surface area contributed by atoms with E-state index >= 15 is 0 Å². The molecule has 0 saturated heterocycles. The highest BCUT2D eigenvalue weighted by Crippen LogP contribution is 2.19. The van der Waals surface area contributed by atoms with E-state index in [4.69, 9.17) is 0 Å². The number of aliphatic imine (C=N–C) groups is 1. The van der Waals surface area contributed by atoms with Crippen LogP contribution in [0.4, 0.5) is 5.69 Å². The van der Waals surface area contributed by atoms with Crippen molar-refractivity contribution < 1.29 is 4.79 Å². The molecule has 0 unspecified atom stereocenters. The molecule has 2 rings (SSSR count). The molecule has 1 aromatic carbocycles. The van der Waals surface area contributed by atoms with Gasteiger partial charge >= 0.3 is 0 Å². The number of carbonyl (C=O) groups is 1. The van der Waals surface area contributed by atoms with Gasteiger partial charge < -0.3 is 16.0 Å². The van der Waals surface area contributed by atoms with Gasteiger partial charge in [-0.25, -0.2) is 0 Å². The van der Waals surface area contributed by atoms with Gasteiger partial charge in [-0.05, 0) is 56.2 Å². The van der Waals surface area contributed by atoms with Gasteiger partial charge in [-0.3, -0.25) is 9.79 Å². The van der Waals surface area contributed by atoms with Crippen LogP contribution in [0.1, 0.15) is 57.4 Å². The van der Waals surface area contributed by atoms with Crippen LogP contribution in [0.15, 0.2) is 40.9 Å². The number of hydrogen-bond donors (Lipinski definition) is 3. The smallest absolute Gasteiger partial charge is 0.224 e. The van der Waals surface area contributed by atoms with Gasteiger partial charge in [0.25, 0.3) is 0 Å². The van der Waals surface area contributed by atoms with E-state index in [2.05, 4.69) is 27.0 Å². The second-order valence-corrected chi connectivity index (χ2v) is 6.71. The Hall–Kier alpha value is -2.30.